The van der Waals surface area contributed by atoms with Crippen molar-refractivity contribution in [1.29, 1.82) is 0 Å². The Bertz CT molecular complexity index is 945. The number of rotatable bonds is 5. The van der Waals surface area contributed by atoms with Gasteiger partial charge in [-0.2, -0.15) is 4.98 Å². The summed E-state index contributed by atoms with van der Waals surface area (Å²) in [5.41, 5.74) is 1.42. The fourth-order valence-corrected chi connectivity index (χ4v) is 4.77. The highest BCUT2D eigenvalue weighted by atomic mass is 16.7. The van der Waals surface area contributed by atoms with Gasteiger partial charge in [0, 0.05) is 56.7 Å². The second-order valence-corrected chi connectivity index (χ2v) is 8.44. The number of piperidine rings is 1. The summed E-state index contributed by atoms with van der Waals surface area (Å²) in [5.74, 6) is 2.05. The predicted molar refractivity (Wildman–Crippen MR) is 121 cm³/mol. The first-order valence-electron chi connectivity index (χ1n) is 11.5. The lowest BCUT2D eigenvalue weighted by molar-refractivity contribution is -0.0719. The number of hydrogen-bond donors (Lipinski definition) is 1. The van der Waals surface area contributed by atoms with E-state index < -0.39 is 0 Å². The molecule has 0 saturated carbocycles. The summed E-state index contributed by atoms with van der Waals surface area (Å²) >= 11 is 0. The van der Waals surface area contributed by atoms with Crippen LogP contribution in [0.4, 0.5) is 17.5 Å². The van der Waals surface area contributed by atoms with Crippen LogP contribution in [0.15, 0.2) is 30.5 Å². The molecule has 4 heterocycles. The molecule has 0 bridgehead atoms. The van der Waals surface area contributed by atoms with Gasteiger partial charge in [0.2, 0.25) is 5.95 Å². The van der Waals surface area contributed by atoms with E-state index in [-0.39, 0.29) is 11.9 Å². The van der Waals surface area contributed by atoms with E-state index in [4.69, 9.17) is 9.82 Å². The average Bonchev–Trinajstić information content (AvgIpc) is 3.22. The molecule has 8 nitrogen and oxygen atoms in total. The zero-order chi connectivity index (χ0) is 21.2. The van der Waals surface area contributed by atoms with Crippen molar-refractivity contribution in [3.05, 3.63) is 36.0 Å². The van der Waals surface area contributed by atoms with E-state index in [2.05, 4.69) is 15.2 Å². The number of carbonyl (C=O) groups is 1. The average molecular weight is 423 g/mol. The third kappa shape index (κ3) is 4.04. The van der Waals surface area contributed by atoms with Gasteiger partial charge >= 0.3 is 0 Å². The molecule has 2 saturated heterocycles. The van der Waals surface area contributed by atoms with Crippen LogP contribution in [-0.2, 0) is 0 Å². The Hall–Kier alpha value is -2.87. The smallest absolute Gasteiger partial charge is 0.263 e. The molecule has 31 heavy (non-hydrogen) atoms. The number of nitrogens with one attached hydrogen (secondary N) is 1. The van der Waals surface area contributed by atoms with E-state index in [0.29, 0.717) is 18.1 Å². The Kier molecular flexibility index (Phi) is 5.63. The maximum absolute atomic E-state index is 13.6. The minimum Gasteiger partial charge on any atom is -0.406 e. The predicted octanol–water partition coefficient (Wildman–Crippen LogP) is 3.32. The van der Waals surface area contributed by atoms with E-state index in [1.807, 2.05) is 41.2 Å². The molecular formula is C23H30N6O2. The SMILES string of the molecule is CCNc1ncc2c(n1)N1CCCC1CN(c1cccc(ON3CCCCC3)c1)C2=O. The van der Waals surface area contributed by atoms with Crippen molar-refractivity contribution in [1.82, 2.24) is 15.0 Å². The highest BCUT2D eigenvalue weighted by Crippen LogP contribution is 2.35. The third-order valence-corrected chi connectivity index (χ3v) is 6.30. The van der Waals surface area contributed by atoms with Crippen molar-refractivity contribution in [2.75, 3.05) is 47.8 Å². The van der Waals surface area contributed by atoms with Gasteiger partial charge in [0.25, 0.3) is 5.91 Å². The normalized spacial score (nSPS) is 21.5. The minimum atomic E-state index is -0.0532. The number of benzene rings is 1. The Morgan fingerprint density at radius 2 is 2.03 bits per heavy atom. The number of nitrogens with zero attached hydrogens (tertiary/aromatic N) is 5. The van der Waals surface area contributed by atoms with E-state index in [1.54, 1.807) is 6.20 Å². The van der Waals surface area contributed by atoms with Gasteiger partial charge in [-0.1, -0.05) is 12.5 Å². The molecule has 1 amide bonds. The molecule has 5 rings (SSSR count). The number of carbonyl (C=O) groups excluding carboxylic acids is 1. The summed E-state index contributed by atoms with van der Waals surface area (Å²) in [7, 11) is 0. The van der Waals surface area contributed by atoms with Crippen LogP contribution < -0.4 is 20.0 Å². The molecule has 1 unspecified atom stereocenters. The number of aromatic nitrogens is 2. The van der Waals surface area contributed by atoms with Gasteiger partial charge in [-0.3, -0.25) is 4.79 Å². The van der Waals surface area contributed by atoms with Crippen molar-refractivity contribution in [2.24, 2.45) is 0 Å². The molecule has 3 aliphatic heterocycles. The lowest BCUT2D eigenvalue weighted by Crippen LogP contribution is -2.39. The lowest BCUT2D eigenvalue weighted by Gasteiger charge is -2.28. The standard InChI is InChI=1S/C23H30N6O2/c1-2-24-23-25-15-20-21(26-23)28-13-7-9-18(28)16-29(22(20)30)17-8-6-10-19(14-17)31-27-11-4-3-5-12-27/h6,8,10,14-15,18H,2-5,7,9,11-13,16H2,1H3,(H,24,25,26). The van der Waals surface area contributed by atoms with Crippen LogP contribution in [0.3, 0.4) is 0 Å². The number of hydroxylamine groups is 2. The van der Waals surface area contributed by atoms with Crippen LogP contribution in [0, 0.1) is 0 Å². The first kappa shape index (κ1) is 20.1. The van der Waals surface area contributed by atoms with E-state index >= 15 is 0 Å². The van der Waals surface area contributed by atoms with Crippen LogP contribution >= 0.6 is 0 Å². The first-order valence-corrected chi connectivity index (χ1v) is 11.5. The molecule has 1 N–H and O–H groups in total. The molecule has 8 heteroatoms. The first-order chi connectivity index (χ1) is 15.2. The Morgan fingerprint density at radius 1 is 1.16 bits per heavy atom. The molecule has 2 fully saturated rings. The maximum Gasteiger partial charge on any atom is 0.263 e. The maximum atomic E-state index is 13.6. The third-order valence-electron chi connectivity index (χ3n) is 6.30. The van der Waals surface area contributed by atoms with Crippen LogP contribution in [0.1, 0.15) is 49.4 Å². The molecule has 1 aromatic heterocycles. The van der Waals surface area contributed by atoms with E-state index in [1.165, 1.54) is 6.42 Å². The van der Waals surface area contributed by atoms with Gasteiger partial charge in [-0.15, -0.1) is 5.06 Å². The van der Waals surface area contributed by atoms with Crippen molar-refractivity contribution in [3.63, 3.8) is 0 Å². The topological polar surface area (TPSA) is 73.8 Å². The summed E-state index contributed by atoms with van der Waals surface area (Å²) < 4.78 is 0. The van der Waals surface area contributed by atoms with Crippen LogP contribution in [0.5, 0.6) is 5.75 Å². The molecule has 0 spiro atoms. The van der Waals surface area contributed by atoms with Gasteiger partial charge < -0.3 is 20.0 Å². The number of fused-ring (bicyclic) bond motifs is 3. The monoisotopic (exact) mass is 422 g/mol. The number of anilines is 3. The molecule has 1 atom stereocenters. The number of amides is 1. The van der Waals surface area contributed by atoms with Gasteiger partial charge in [0.1, 0.15) is 17.1 Å². The second-order valence-electron chi connectivity index (χ2n) is 8.44. The Morgan fingerprint density at radius 3 is 2.87 bits per heavy atom. The minimum absolute atomic E-state index is 0.0532. The van der Waals surface area contributed by atoms with E-state index in [0.717, 1.165) is 69.1 Å². The second kappa shape index (κ2) is 8.70. The van der Waals surface area contributed by atoms with E-state index in [9.17, 15) is 4.79 Å². The zero-order valence-electron chi connectivity index (χ0n) is 18.1. The van der Waals surface area contributed by atoms with Crippen LogP contribution in [-0.4, -0.2) is 59.7 Å². The molecule has 0 aliphatic carbocycles. The highest BCUT2D eigenvalue weighted by Gasteiger charge is 2.37. The zero-order valence-corrected chi connectivity index (χ0v) is 18.1. The Labute approximate surface area is 183 Å². The van der Waals surface area contributed by atoms with Crippen LogP contribution in [0.25, 0.3) is 0 Å². The quantitative estimate of drug-likeness (QED) is 0.792. The summed E-state index contributed by atoms with van der Waals surface area (Å²) in [6, 6.07) is 8.14. The summed E-state index contributed by atoms with van der Waals surface area (Å²) in [6.45, 7) is 6.20. The van der Waals surface area contributed by atoms with Gasteiger partial charge in [-0.25, -0.2) is 4.98 Å². The largest absolute Gasteiger partial charge is 0.406 e. The summed E-state index contributed by atoms with van der Waals surface area (Å²) in [4.78, 5) is 32.9. The molecule has 3 aliphatic rings. The number of hydrogen-bond acceptors (Lipinski definition) is 7. The van der Waals surface area contributed by atoms with Crippen molar-refractivity contribution >= 4 is 23.4 Å². The summed E-state index contributed by atoms with van der Waals surface area (Å²) in [6.07, 6.45) is 7.40. The molecule has 164 valence electrons. The lowest BCUT2D eigenvalue weighted by atomic mass is 10.2. The molecular weight excluding hydrogens is 392 g/mol. The molecule has 2 aromatic rings. The van der Waals surface area contributed by atoms with Gasteiger partial charge in [-0.05, 0) is 44.7 Å². The Balaban J connectivity index is 1.46. The fourth-order valence-electron chi connectivity index (χ4n) is 4.77. The highest BCUT2D eigenvalue weighted by molar-refractivity contribution is 6.10. The van der Waals surface area contributed by atoms with Crippen molar-refractivity contribution in [3.8, 4) is 5.75 Å². The van der Waals surface area contributed by atoms with Gasteiger partial charge in [0.05, 0.1) is 0 Å². The van der Waals surface area contributed by atoms with Crippen LogP contribution in [0.2, 0.25) is 0 Å². The van der Waals surface area contributed by atoms with Crippen molar-refractivity contribution in [2.45, 2.75) is 45.1 Å². The molecule has 0 radical (unpaired) electrons. The van der Waals surface area contributed by atoms with Gasteiger partial charge in [0.15, 0.2) is 0 Å². The summed E-state index contributed by atoms with van der Waals surface area (Å²) in [5, 5.41) is 5.19. The van der Waals surface area contributed by atoms with Crippen molar-refractivity contribution < 1.29 is 9.63 Å². The fraction of sp³-hybridized carbons (Fsp3) is 0.522. The molecule has 1 aromatic carbocycles.